The lowest BCUT2D eigenvalue weighted by Crippen LogP contribution is -1.91. The van der Waals surface area contributed by atoms with Crippen LogP contribution in [0.15, 0.2) is 170 Å². The summed E-state index contributed by atoms with van der Waals surface area (Å²) in [7, 11) is 0. The van der Waals surface area contributed by atoms with Gasteiger partial charge in [0, 0.05) is 34.3 Å². The fourth-order valence-corrected chi connectivity index (χ4v) is 7.90. The van der Waals surface area contributed by atoms with Crippen LogP contribution in [-0.4, -0.2) is 19.9 Å². The second-order valence-electron chi connectivity index (χ2n) is 13.5. The normalized spacial score (nSPS) is 11.8. The first-order valence-electron chi connectivity index (χ1n) is 17.5. The van der Waals surface area contributed by atoms with Crippen molar-refractivity contribution in [1.29, 1.82) is 0 Å². The summed E-state index contributed by atoms with van der Waals surface area (Å²) in [5.41, 5.74) is 17.4. The number of aromatic nitrogens is 4. The lowest BCUT2D eigenvalue weighted by Gasteiger charge is -2.11. The first kappa shape index (κ1) is 28.8. The van der Waals surface area contributed by atoms with E-state index in [9.17, 15) is 0 Å². The molecule has 0 radical (unpaired) electrons. The highest BCUT2D eigenvalue weighted by molar-refractivity contribution is 6.15. The third kappa shape index (κ3) is 4.55. The third-order valence-electron chi connectivity index (χ3n) is 10.5. The van der Waals surface area contributed by atoms with Crippen LogP contribution in [0.3, 0.4) is 0 Å². The smallest absolute Gasteiger partial charge is 0.0972 e. The van der Waals surface area contributed by atoms with Crippen molar-refractivity contribution >= 4 is 43.6 Å². The minimum absolute atomic E-state index is 0.887. The van der Waals surface area contributed by atoms with E-state index in [4.69, 9.17) is 9.97 Å². The molecule has 10 aromatic rings. The van der Waals surface area contributed by atoms with Crippen LogP contribution in [0, 0.1) is 0 Å². The highest BCUT2D eigenvalue weighted by atomic mass is 14.8. The predicted octanol–water partition coefficient (Wildman–Crippen LogP) is 12.2. The molecule has 0 spiro atoms. The van der Waals surface area contributed by atoms with Crippen LogP contribution >= 0.6 is 0 Å². The molecule has 0 unspecified atom stereocenters. The number of nitrogens with zero attached hydrogens (tertiary/aromatic N) is 4. The molecule has 1 aliphatic rings. The van der Waals surface area contributed by atoms with Crippen molar-refractivity contribution in [3.8, 4) is 67.0 Å². The Morgan fingerprint density at radius 1 is 0.308 bits per heavy atom. The zero-order valence-corrected chi connectivity index (χ0v) is 28.0. The SMILES string of the molecule is c1cc(-c2ccc3c(c2)-c2cccc4cccc-3c24)cc(-c2ccc3ccc4ccc(-c5ccc(-c6ccc7nccnc7c6)cc5)nc4c3n2)c1. The molecule has 0 N–H and O–H groups in total. The highest BCUT2D eigenvalue weighted by Gasteiger charge is 2.21. The summed E-state index contributed by atoms with van der Waals surface area (Å²) in [6.07, 6.45) is 3.45. The number of pyridine rings is 2. The van der Waals surface area contributed by atoms with E-state index in [1.54, 1.807) is 12.4 Å². The molecule has 0 fully saturated rings. The van der Waals surface area contributed by atoms with Gasteiger partial charge in [0.25, 0.3) is 0 Å². The maximum atomic E-state index is 5.26. The molecule has 0 atom stereocenters. The summed E-state index contributed by atoms with van der Waals surface area (Å²) in [5, 5.41) is 4.78. The van der Waals surface area contributed by atoms with E-state index >= 15 is 0 Å². The summed E-state index contributed by atoms with van der Waals surface area (Å²) in [4.78, 5) is 19.3. The molecule has 1 aliphatic carbocycles. The topological polar surface area (TPSA) is 51.6 Å². The first-order valence-corrected chi connectivity index (χ1v) is 17.5. The molecule has 240 valence electrons. The lowest BCUT2D eigenvalue weighted by atomic mass is 9.96. The van der Waals surface area contributed by atoms with Crippen LogP contribution in [0.4, 0.5) is 0 Å². The summed E-state index contributed by atoms with van der Waals surface area (Å²) in [6.45, 7) is 0. The van der Waals surface area contributed by atoms with E-state index in [-0.39, 0.29) is 0 Å². The molecule has 0 saturated carbocycles. The number of fused-ring (bicyclic) bond motifs is 7. The molecule has 11 rings (SSSR count). The quantitative estimate of drug-likeness (QED) is 0.176. The van der Waals surface area contributed by atoms with Crippen molar-refractivity contribution < 1.29 is 0 Å². The zero-order valence-electron chi connectivity index (χ0n) is 28.0. The largest absolute Gasteiger partial charge is 0.253 e. The van der Waals surface area contributed by atoms with Crippen LogP contribution in [-0.2, 0) is 0 Å². The average Bonchev–Trinajstić information content (AvgIpc) is 3.54. The summed E-state index contributed by atoms with van der Waals surface area (Å²) < 4.78 is 0. The minimum Gasteiger partial charge on any atom is -0.253 e. The number of hydrogen-bond donors (Lipinski definition) is 0. The monoisotopic (exact) mass is 660 g/mol. The van der Waals surface area contributed by atoms with Gasteiger partial charge in [0.1, 0.15) is 0 Å². The van der Waals surface area contributed by atoms with Gasteiger partial charge in [-0.25, -0.2) is 9.97 Å². The number of rotatable bonds is 4. The van der Waals surface area contributed by atoms with E-state index in [0.717, 1.165) is 66.5 Å². The Balaban J connectivity index is 0.950. The van der Waals surface area contributed by atoms with Gasteiger partial charge >= 0.3 is 0 Å². The molecule has 4 heteroatoms. The Morgan fingerprint density at radius 3 is 1.63 bits per heavy atom. The Morgan fingerprint density at radius 2 is 0.865 bits per heavy atom. The Kier molecular flexibility index (Phi) is 6.22. The molecule has 0 amide bonds. The van der Waals surface area contributed by atoms with Gasteiger partial charge in [-0.1, -0.05) is 121 Å². The fraction of sp³-hybridized carbons (Fsp3) is 0. The summed E-state index contributed by atoms with van der Waals surface area (Å²) >= 11 is 0. The van der Waals surface area contributed by atoms with Crippen LogP contribution in [0.5, 0.6) is 0 Å². The predicted molar refractivity (Wildman–Crippen MR) is 214 cm³/mol. The van der Waals surface area contributed by atoms with Gasteiger partial charge in [-0.2, -0.15) is 0 Å². The van der Waals surface area contributed by atoms with E-state index in [0.29, 0.717) is 0 Å². The molecule has 52 heavy (non-hydrogen) atoms. The molecule has 0 saturated heterocycles. The second-order valence-corrected chi connectivity index (χ2v) is 13.5. The van der Waals surface area contributed by atoms with Gasteiger partial charge in [-0.3, -0.25) is 9.97 Å². The van der Waals surface area contributed by atoms with Crippen LogP contribution < -0.4 is 0 Å². The Hall–Kier alpha value is -7.04. The third-order valence-corrected chi connectivity index (χ3v) is 10.5. The van der Waals surface area contributed by atoms with Crippen molar-refractivity contribution in [2.45, 2.75) is 0 Å². The van der Waals surface area contributed by atoms with Gasteiger partial charge in [0.05, 0.1) is 33.5 Å². The number of benzene rings is 7. The minimum atomic E-state index is 0.887. The van der Waals surface area contributed by atoms with Crippen molar-refractivity contribution in [3.05, 3.63) is 170 Å². The molecule has 3 aromatic heterocycles. The van der Waals surface area contributed by atoms with Gasteiger partial charge < -0.3 is 0 Å². The molecule has 0 aliphatic heterocycles. The number of hydrogen-bond acceptors (Lipinski definition) is 4. The standard InChI is InChI=1S/C48H28N4/c1-6-34(35-16-20-38-39-8-2-4-31-5-3-9-40(46(31)39)41(38)27-35)26-37(7-1)43-22-18-33-15-14-32-17-21-42(51-47(32)48(33)52-43)30-12-10-29(11-13-30)36-19-23-44-45(28-36)50-25-24-49-44/h1-28H. The Labute approximate surface area is 299 Å². The summed E-state index contributed by atoms with van der Waals surface area (Å²) in [5.74, 6) is 0. The second kappa shape index (κ2) is 11.2. The van der Waals surface area contributed by atoms with E-state index in [1.165, 1.54) is 44.2 Å². The summed E-state index contributed by atoms with van der Waals surface area (Å²) in [6, 6.07) is 56.4. The molecule has 0 bridgehead atoms. The van der Waals surface area contributed by atoms with E-state index < -0.39 is 0 Å². The van der Waals surface area contributed by atoms with Crippen molar-refractivity contribution in [2.75, 3.05) is 0 Å². The molecular formula is C48H28N4. The molecule has 3 heterocycles. The molecule has 4 nitrogen and oxygen atoms in total. The maximum absolute atomic E-state index is 5.26. The maximum Gasteiger partial charge on any atom is 0.0972 e. The van der Waals surface area contributed by atoms with Gasteiger partial charge in [0.15, 0.2) is 0 Å². The van der Waals surface area contributed by atoms with Gasteiger partial charge in [-0.15, -0.1) is 0 Å². The van der Waals surface area contributed by atoms with Crippen LogP contribution in [0.1, 0.15) is 0 Å². The van der Waals surface area contributed by atoms with Gasteiger partial charge in [0.2, 0.25) is 0 Å². The fourth-order valence-electron chi connectivity index (χ4n) is 7.90. The zero-order chi connectivity index (χ0) is 34.2. The van der Waals surface area contributed by atoms with Gasteiger partial charge in [-0.05, 0) is 91.7 Å². The van der Waals surface area contributed by atoms with Crippen LogP contribution in [0.2, 0.25) is 0 Å². The molecule has 7 aromatic carbocycles. The van der Waals surface area contributed by atoms with Crippen molar-refractivity contribution in [2.24, 2.45) is 0 Å². The first-order chi connectivity index (χ1) is 25.7. The lowest BCUT2D eigenvalue weighted by molar-refractivity contribution is 1.29. The highest BCUT2D eigenvalue weighted by Crippen LogP contribution is 2.48. The van der Waals surface area contributed by atoms with Crippen LogP contribution in [0.25, 0.3) is 111 Å². The Bertz CT molecular complexity index is 3070. The van der Waals surface area contributed by atoms with Crippen molar-refractivity contribution in [3.63, 3.8) is 0 Å². The van der Waals surface area contributed by atoms with E-state index in [2.05, 4.69) is 162 Å². The average molecular weight is 661 g/mol. The molecular weight excluding hydrogens is 633 g/mol. The van der Waals surface area contributed by atoms with Crippen molar-refractivity contribution in [1.82, 2.24) is 19.9 Å². The van der Waals surface area contributed by atoms with E-state index in [1.807, 2.05) is 6.07 Å².